The van der Waals surface area contributed by atoms with Crippen molar-refractivity contribution in [3.05, 3.63) is 58.1 Å². The van der Waals surface area contributed by atoms with Crippen LogP contribution in [0.25, 0.3) is 0 Å². The Morgan fingerprint density at radius 3 is 3.11 bits per heavy atom. The summed E-state index contributed by atoms with van der Waals surface area (Å²) in [4.78, 5) is 4.39. The van der Waals surface area contributed by atoms with Gasteiger partial charge in [-0.3, -0.25) is 4.98 Å². The lowest BCUT2D eigenvalue weighted by Crippen LogP contribution is -2.09. The number of hydrogen-bond donors (Lipinski definition) is 1. The lowest BCUT2D eigenvalue weighted by molar-refractivity contribution is 0.623. The number of pyridine rings is 1. The van der Waals surface area contributed by atoms with Crippen LogP contribution in [0.15, 0.2) is 41.0 Å². The number of benzene rings is 1. The van der Waals surface area contributed by atoms with Crippen LogP contribution in [-0.2, 0) is 6.42 Å². The molecule has 1 unspecified atom stereocenters. The van der Waals surface area contributed by atoms with Gasteiger partial charge in [0, 0.05) is 10.7 Å². The van der Waals surface area contributed by atoms with Crippen molar-refractivity contribution in [2.24, 2.45) is 0 Å². The first-order valence-electron chi connectivity index (χ1n) is 5.89. The summed E-state index contributed by atoms with van der Waals surface area (Å²) in [5, 5.41) is 3.24. The molecule has 3 rings (SSSR count). The molecule has 0 amide bonds. The molecule has 0 aliphatic heterocycles. The molecule has 1 aliphatic carbocycles. The molecule has 1 N–H and O–H groups in total. The molecule has 0 saturated carbocycles. The van der Waals surface area contributed by atoms with Crippen LogP contribution in [0, 0.1) is 5.82 Å². The molecular weight excluding hydrogens is 295 g/mol. The van der Waals surface area contributed by atoms with Crippen molar-refractivity contribution in [3.8, 4) is 0 Å². The van der Waals surface area contributed by atoms with Gasteiger partial charge in [0.15, 0.2) is 0 Å². The minimum absolute atomic E-state index is 0.102. The molecule has 0 fully saturated rings. The Labute approximate surface area is 113 Å². The summed E-state index contributed by atoms with van der Waals surface area (Å²) in [6.07, 6.45) is 3.74. The molecule has 0 saturated heterocycles. The fourth-order valence-electron chi connectivity index (χ4n) is 2.35. The van der Waals surface area contributed by atoms with Gasteiger partial charge in [-0.2, -0.15) is 0 Å². The van der Waals surface area contributed by atoms with Crippen LogP contribution >= 0.6 is 15.9 Å². The zero-order valence-electron chi connectivity index (χ0n) is 9.66. The number of halogens is 2. The van der Waals surface area contributed by atoms with Gasteiger partial charge in [-0.1, -0.05) is 22.0 Å². The fraction of sp³-hybridized carbons (Fsp3) is 0.214. The number of fused-ring (bicyclic) bond motifs is 1. The van der Waals surface area contributed by atoms with Crippen LogP contribution in [0.1, 0.15) is 23.7 Å². The first kappa shape index (κ1) is 11.7. The molecular formula is C14H12BrFN2. The number of aromatic nitrogens is 1. The molecule has 1 aromatic heterocycles. The van der Waals surface area contributed by atoms with E-state index in [1.165, 1.54) is 11.6 Å². The van der Waals surface area contributed by atoms with Crippen LogP contribution in [-0.4, -0.2) is 4.98 Å². The second-order valence-corrected chi connectivity index (χ2v) is 5.32. The van der Waals surface area contributed by atoms with Gasteiger partial charge < -0.3 is 5.32 Å². The van der Waals surface area contributed by atoms with E-state index in [1.807, 2.05) is 6.07 Å². The van der Waals surface area contributed by atoms with E-state index in [-0.39, 0.29) is 11.9 Å². The highest BCUT2D eigenvalue weighted by molar-refractivity contribution is 9.10. The van der Waals surface area contributed by atoms with Crippen molar-refractivity contribution in [3.63, 3.8) is 0 Å². The van der Waals surface area contributed by atoms with Crippen LogP contribution < -0.4 is 5.32 Å². The highest BCUT2D eigenvalue weighted by Gasteiger charge is 2.24. The Bertz CT molecular complexity index is 586. The third kappa shape index (κ3) is 2.12. The highest BCUT2D eigenvalue weighted by Crippen LogP contribution is 2.33. The number of anilines is 1. The van der Waals surface area contributed by atoms with E-state index in [0.717, 1.165) is 23.0 Å². The van der Waals surface area contributed by atoms with E-state index in [0.29, 0.717) is 5.69 Å². The van der Waals surface area contributed by atoms with E-state index in [2.05, 4.69) is 32.3 Å². The second kappa shape index (κ2) is 4.69. The Hall–Kier alpha value is -1.42. The maximum atomic E-state index is 13.7. The number of nitrogens with one attached hydrogen (secondary N) is 1. The quantitative estimate of drug-likeness (QED) is 0.904. The van der Waals surface area contributed by atoms with Gasteiger partial charge >= 0.3 is 0 Å². The van der Waals surface area contributed by atoms with Crippen molar-refractivity contribution < 1.29 is 4.39 Å². The maximum Gasteiger partial charge on any atom is 0.146 e. The number of nitrogens with zero attached hydrogens (tertiary/aromatic N) is 1. The SMILES string of the molecule is Fc1ccc(Br)cc1NC1CCc2cccnc21. The fourth-order valence-corrected chi connectivity index (χ4v) is 2.71. The number of hydrogen-bond acceptors (Lipinski definition) is 2. The summed E-state index contributed by atoms with van der Waals surface area (Å²) < 4.78 is 14.6. The molecule has 2 nitrogen and oxygen atoms in total. The van der Waals surface area contributed by atoms with Crippen molar-refractivity contribution in [1.29, 1.82) is 0 Å². The van der Waals surface area contributed by atoms with E-state index in [1.54, 1.807) is 18.3 Å². The molecule has 1 atom stereocenters. The normalized spacial score (nSPS) is 17.6. The van der Waals surface area contributed by atoms with Crippen LogP contribution in [0.5, 0.6) is 0 Å². The molecule has 4 heteroatoms. The van der Waals surface area contributed by atoms with Crippen LogP contribution in [0.4, 0.5) is 10.1 Å². The topological polar surface area (TPSA) is 24.9 Å². The minimum atomic E-state index is -0.234. The van der Waals surface area contributed by atoms with E-state index >= 15 is 0 Å². The number of rotatable bonds is 2. The lowest BCUT2D eigenvalue weighted by atomic mass is 10.2. The van der Waals surface area contributed by atoms with Gasteiger partial charge in [-0.05, 0) is 42.7 Å². The Balaban J connectivity index is 1.88. The van der Waals surface area contributed by atoms with Crippen molar-refractivity contribution >= 4 is 21.6 Å². The van der Waals surface area contributed by atoms with Gasteiger partial charge in [-0.15, -0.1) is 0 Å². The highest BCUT2D eigenvalue weighted by atomic mass is 79.9. The predicted molar refractivity (Wildman–Crippen MR) is 73.0 cm³/mol. The molecule has 2 aromatic rings. The molecule has 0 bridgehead atoms. The van der Waals surface area contributed by atoms with E-state index in [4.69, 9.17) is 0 Å². The first-order valence-corrected chi connectivity index (χ1v) is 6.69. The molecule has 0 radical (unpaired) electrons. The van der Waals surface area contributed by atoms with Crippen molar-refractivity contribution in [2.45, 2.75) is 18.9 Å². The van der Waals surface area contributed by atoms with Crippen molar-refractivity contribution in [2.75, 3.05) is 5.32 Å². The molecule has 92 valence electrons. The smallest absolute Gasteiger partial charge is 0.146 e. The average molecular weight is 307 g/mol. The van der Waals surface area contributed by atoms with Gasteiger partial charge in [0.05, 0.1) is 17.4 Å². The van der Waals surface area contributed by atoms with Gasteiger partial charge in [0.1, 0.15) is 5.82 Å². The minimum Gasteiger partial charge on any atom is -0.374 e. The zero-order valence-corrected chi connectivity index (χ0v) is 11.2. The van der Waals surface area contributed by atoms with E-state index in [9.17, 15) is 4.39 Å². The molecule has 18 heavy (non-hydrogen) atoms. The van der Waals surface area contributed by atoms with Crippen LogP contribution in [0.3, 0.4) is 0 Å². The molecule has 1 aliphatic rings. The molecule has 0 spiro atoms. The van der Waals surface area contributed by atoms with Crippen LogP contribution in [0.2, 0.25) is 0 Å². The van der Waals surface area contributed by atoms with Gasteiger partial charge in [0.2, 0.25) is 0 Å². The van der Waals surface area contributed by atoms with Gasteiger partial charge in [0.25, 0.3) is 0 Å². The van der Waals surface area contributed by atoms with Crippen molar-refractivity contribution in [1.82, 2.24) is 4.98 Å². The Morgan fingerprint density at radius 2 is 2.22 bits per heavy atom. The monoisotopic (exact) mass is 306 g/mol. The third-order valence-electron chi connectivity index (χ3n) is 3.22. The maximum absolute atomic E-state index is 13.7. The molecule has 1 aromatic carbocycles. The third-order valence-corrected chi connectivity index (χ3v) is 3.71. The summed E-state index contributed by atoms with van der Waals surface area (Å²) in [6.45, 7) is 0. The standard InChI is InChI=1S/C14H12BrFN2/c15-10-4-5-11(16)13(8-10)18-12-6-3-9-2-1-7-17-14(9)12/h1-2,4-5,7-8,12,18H,3,6H2. The molecule has 1 heterocycles. The zero-order chi connectivity index (χ0) is 12.5. The summed E-state index contributed by atoms with van der Waals surface area (Å²) in [5.74, 6) is -0.234. The summed E-state index contributed by atoms with van der Waals surface area (Å²) in [6, 6.07) is 9.05. The van der Waals surface area contributed by atoms with E-state index < -0.39 is 0 Å². The second-order valence-electron chi connectivity index (χ2n) is 4.41. The largest absolute Gasteiger partial charge is 0.374 e. The lowest BCUT2D eigenvalue weighted by Gasteiger charge is -2.15. The Morgan fingerprint density at radius 1 is 1.33 bits per heavy atom. The average Bonchev–Trinajstić information content (AvgIpc) is 2.78. The predicted octanol–water partition coefficient (Wildman–Crippen LogP) is 4.08. The first-order chi connectivity index (χ1) is 8.74. The van der Waals surface area contributed by atoms with Gasteiger partial charge in [-0.25, -0.2) is 4.39 Å². The summed E-state index contributed by atoms with van der Waals surface area (Å²) in [7, 11) is 0. The summed E-state index contributed by atoms with van der Waals surface area (Å²) >= 11 is 3.36. The number of aryl methyl sites for hydroxylation is 1. The summed E-state index contributed by atoms with van der Waals surface area (Å²) in [5.41, 5.74) is 2.81. The Kier molecular flexibility index (Phi) is 3.04.